The maximum Gasteiger partial charge on any atom is 0.275 e. The summed E-state index contributed by atoms with van der Waals surface area (Å²) in [7, 11) is 0. The first-order valence-electron chi connectivity index (χ1n) is 10.4. The van der Waals surface area contributed by atoms with Gasteiger partial charge in [0.25, 0.3) is 5.56 Å². The Morgan fingerprint density at radius 3 is 2.88 bits per heavy atom. The van der Waals surface area contributed by atoms with Crippen LogP contribution in [0.1, 0.15) is 49.1 Å². The predicted molar refractivity (Wildman–Crippen MR) is 124 cm³/mol. The summed E-state index contributed by atoms with van der Waals surface area (Å²) in [6.45, 7) is 3.49. The zero-order valence-corrected chi connectivity index (χ0v) is 19.2. The van der Waals surface area contributed by atoms with E-state index in [1.54, 1.807) is 0 Å². The van der Waals surface area contributed by atoms with Crippen LogP contribution in [0.5, 0.6) is 0 Å². The maximum atomic E-state index is 12.4. The number of thioether (sulfide) groups is 1. The number of aryl methyl sites for hydroxylation is 1. The van der Waals surface area contributed by atoms with Crippen molar-refractivity contribution in [1.82, 2.24) is 29.4 Å². The summed E-state index contributed by atoms with van der Waals surface area (Å²) in [6.07, 6.45) is 2.95. The van der Waals surface area contributed by atoms with Gasteiger partial charge in [0.2, 0.25) is 10.9 Å². The average molecular weight is 468 g/mol. The molecule has 3 aromatic heterocycles. The molecule has 1 aromatic carbocycles. The summed E-state index contributed by atoms with van der Waals surface area (Å²) < 4.78 is 3.40. The Kier molecular flexibility index (Phi) is 5.51. The number of nitrogens with one attached hydrogen (secondary N) is 1. The van der Waals surface area contributed by atoms with E-state index in [0.717, 1.165) is 46.6 Å². The highest BCUT2D eigenvalue weighted by atomic mass is 32.2. The second kappa shape index (κ2) is 8.47. The highest BCUT2D eigenvalue weighted by Gasteiger charge is 2.31. The van der Waals surface area contributed by atoms with E-state index in [1.807, 2.05) is 35.8 Å². The van der Waals surface area contributed by atoms with Crippen molar-refractivity contribution < 1.29 is 4.79 Å². The lowest BCUT2D eigenvalue weighted by Crippen LogP contribution is -2.15. The van der Waals surface area contributed by atoms with Crippen LogP contribution in [-0.4, -0.2) is 35.3 Å². The second-order valence-corrected chi connectivity index (χ2v) is 9.58. The molecule has 0 saturated heterocycles. The van der Waals surface area contributed by atoms with E-state index < -0.39 is 0 Å². The zero-order valence-electron chi connectivity index (χ0n) is 17.6. The minimum Gasteiger partial charge on any atom is -0.326 e. The topological polar surface area (TPSA) is 107 Å². The Morgan fingerprint density at radius 2 is 2.12 bits per heavy atom. The molecule has 1 amide bonds. The van der Waals surface area contributed by atoms with E-state index in [9.17, 15) is 9.59 Å². The van der Waals surface area contributed by atoms with Crippen molar-refractivity contribution in [3.8, 4) is 5.69 Å². The summed E-state index contributed by atoms with van der Waals surface area (Å²) in [5.41, 5.74) is 2.12. The molecular formula is C21H21N7O2S2. The number of benzene rings is 1. The van der Waals surface area contributed by atoms with Gasteiger partial charge in [0, 0.05) is 30.3 Å². The number of rotatable bonds is 7. The largest absolute Gasteiger partial charge is 0.326 e. The first kappa shape index (κ1) is 20.8. The summed E-state index contributed by atoms with van der Waals surface area (Å²) in [4.78, 5) is 29.1. The van der Waals surface area contributed by atoms with Crippen LogP contribution in [0.4, 0.5) is 5.69 Å². The number of aromatic nitrogens is 6. The smallest absolute Gasteiger partial charge is 0.275 e. The van der Waals surface area contributed by atoms with Gasteiger partial charge in [-0.15, -0.1) is 10.2 Å². The standard InChI is InChI=1S/C21H21N7O2S2/c1-3-17-26-28-18(30)10-15(23-20(28)32-17)11-31-21-25-24-19(13-7-8-13)27(21)16-6-4-5-14(9-16)22-12(2)29/h4-6,9-10,13H,3,7-8,11H2,1-2H3,(H,22,29). The fourth-order valence-corrected chi connectivity index (χ4v) is 5.11. The molecule has 164 valence electrons. The van der Waals surface area contributed by atoms with Crippen LogP contribution in [0.15, 0.2) is 40.3 Å². The first-order valence-corrected chi connectivity index (χ1v) is 12.2. The van der Waals surface area contributed by atoms with Crippen LogP contribution in [0, 0.1) is 0 Å². The average Bonchev–Trinajstić information content (AvgIpc) is 3.38. The molecule has 0 aliphatic heterocycles. The molecule has 0 spiro atoms. The fourth-order valence-electron chi connectivity index (χ4n) is 3.40. The molecule has 1 fully saturated rings. The molecule has 0 bridgehead atoms. The summed E-state index contributed by atoms with van der Waals surface area (Å²) >= 11 is 2.92. The van der Waals surface area contributed by atoms with Gasteiger partial charge in [0.05, 0.1) is 11.4 Å². The summed E-state index contributed by atoms with van der Waals surface area (Å²) in [6, 6.07) is 9.17. The molecule has 4 aromatic rings. The molecule has 0 atom stereocenters. The number of anilines is 1. The number of hydrogen-bond acceptors (Lipinski definition) is 8. The molecular weight excluding hydrogens is 446 g/mol. The van der Waals surface area contributed by atoms with Crippen molar-refractivity contribution in [3.63, 3.8) is 0 Å². The maximum absolute atomic E-state index is 12.4. The fraction of sp³-hybridized carbons (Fsp3) is 0.333. The number of hydrogen-bond donors (Lipinski definition) is 1. The monoisotopic (exact) mass is 467 g/mol. The van der Waals surface area contributed by atoms with Gasteiger partial charge in [-0.05, 0) is 37.5 Å². The van der Waals surface area contributed by atoms with Gasteiger partial charge in [-0.2, -0.15) is 9.61 Å². The van der Waals surface area contributed by atoms with Crippen LogP contribution >= 0.6 is 23.1 Å². The Labute approximate surface area is 191 Å². The van der Waals surface area contributed by atoms with Crippen LogP contribution in [0.25, 0.3) is 10.6 Å². The van der Waals surface area contributed by atoms with E-state index in [2.05, 4.69) is 25.6 Å². The summed E-state index contributed by atoms with van der Waals surface area (Å²) in [5.74, 6) is 1.68. The van der Waals surface area contributed by atoms with Crippen LogP contribution in [0.2, 0.25) is 0 Å². The molecule has 1 aliphatic carbocycles. The lowest BCUT2D eigenvalue weighted by Gasteiger charge is -2.11. The molecule has 0 radical (unpaired) electrons. The van der Waals surface area contributed by atoms with Gasteiger partial charge in [-0.25, -0.2) is 4.98 Å². The molecule has 1 aliphatic rings. The van der Waals surface area contributed by atoms with Gasteiger partial charge in [0.1, 0.15) is 10.8 Å². The van der Waals surface area contributed by atoms with Gasteiger partial charge >= 0.3 is 0 Å². The second-order valence-electron chi connectivity index (χ2n) is 7.60. The van der Waals surface area contributed by atoms with E-state index in [-0.39, 0.29) is 11.5 Å². The van der Waals surface area contributed by atoms with Crippen LogP contribution in [-0.2, 0) is 17.0 Å². The molecule has 9 nitrogen and oxygen atoms in total. The lowest BCUT2D eigenvalue weighted by atomic mass is 10.2. The first-order chi connectivity index (χ1) is 15.5. The van der Waals surface area contributed by atoms with E-state index >= 15 is 0 Å². The lowest BCUT2D eigenvalue weighted by molar-refractivity contribution is -0.114. The number of fused-ring (bicyclic) bond motifs is 1. The number of carbonyl (C=O) groups is 1. The number of amides is 1. The molecule has 0 unspecified atom stereocenters. The Morgan fingerprint density at radius 1 is 1.28 bits per heavy atom. The van der Waals surface area contributed by atoms with Crippen molar-refractivity contribution in [2.24, 2.45) is 0 Å². The molecule has 1 N–H and O–H groups in total. The van der Waals surface area contributed by atoms with E-state index in [0.29, 0.717) is 22.3 Å². The van der Waals surface area contributed by atoms with Crippen LogP contribution < -0.4 is 10.9 Å². The Hall–Kier alpha value is -3.05. The van der Waals surface area contributed by atoms with E-state index in [1.165, 1.54) is 40.6 Å². The summed E-state index contributed by atoms with van der Waals surface area (Å²) in [5, 5.41) is 17.6. The van der Waals surface area contributed by atoms with Crippen molar-refractivity contribution in [1.29, 1.82) is 0 Å². The normalized spacial score (nSPS) is 13.6. The molecule has 3 heterocycles. The molecule has 11 heteroatoms. The van der Waals surface area contributed by atoms with Crippen LogP contribution in [0.3, 0.4) is 0 Å². The minimum absolute atomic E-state index is 0.120. The van der Waals surface area contributed by atoms with Gasteiger partial charge in [0.15, 0.2) is 5.16 Å². The molecule has 32 heavy (non-hydrogen) atoms. The Balaban J connectivity index is 1.46. The number of nitrogens with zero attached hydrogens (tertiary/aromatic N) is 6. The third kappa shape index (κ3) is 4.17. The third-order valence-electron chi connectivity index (χ3n) is 5.02. The molecule has 5 rings (SSSR count). The predicted octanol–water partition coefficient (Wildman–Crippen LogP) is 3.42. The number of carbonyl (C=O) groups excluding carboxylic acids is 1. The van der Waals surface area contributed by atoms with Crippen molar-refractivity contribution in [2.45, 2.75) is 49.9 Å². The minimum atomic E-state index is -0.176. The van der Waals surface area contributed by atoms with Crippen molar-refractivity contribution >= 4 is 39.7 Å². The van der Waals surface area contributed by atoms with Crippen molar-refractivity contribution in [3.05, 3.63) is 57.2 Å². The molecule has 1 saturated carbocycles. The van der Waals surface area contributed by atoms with Crippen molar-refractivity contribution in [2.75, 3.05) is 5.32 Å². The van der Waals surface area contributed by atoms with Gasteiger partial charge in [-0.3, -0.25) is 14.2 Å². The SMILES string of the molecule is CCc1nn2c(=O)cc(CSc3nnc(C4CC4)n3-c3cccc(NC(C)=O)c3)nc2s1. The van der Waals surface area contributed by atoms with E-state index in [4.69, 9.17) is 0 Å². The Bertz CT molecular complexity index is 1370. The van der Waals surface area contributed by atoms with Gasteiger partial charge in [-0.1, -0.05) is 36.1 Å². The zero-order chi connectivity index (χ0) is 22.2. The quantitative estimate of drug-likeness (QED) is 0.415. The third-order valence-corrected chi connectivity index (χ3v) is 7.03. The highest BCUT2D eigenvalue weighted by Crippen LogP contribution is 2.41. The highest BCUT2D eigenvalue weighted by molar-refractivity contribution is 7.98. The van der Waals surface area contributed by atoms with Gasteiger partial charge < -0.3 is 5.32 Å².